The summed E-state index contributed by atoms with van der Waals surface area (Å²) in [5.41, 5.74) is 34.5. The second-order valence-corrected chi connectivity index (χ2v) is 49.8. The quantitative estimate of drug-likeness (QED) is 0.0217. The van der Waals surface area contributed by atoms with Crippen LogP contribution in [-0.2, 0) is 9.09 Å². The Balaban J connectivity index is 0.000000665. The topological polar surface area (TPSA) is 79.8 Å². The van der Waals surface area contributed by atoms with Crippen molar-refractivity contribution in [1.29, 1.82) is 0 Å². The van der Waals surface area contributed by atoms with Gasteiger partial charge < -0.3 is 19.3 Å². The highest BCUT2D eigenvalue weighted by atomic mass is 31.2. The molecule has 8 heteroatoms. The van der Waals surface area contributed by atoms with Crippen LogP contribution >= 0.6 is 7.60 Å². The second kappa shape index (κ2) is 70.8. The van der Waals surface area contributed by atoms with Gasteiger partial charge in [0.2, 0.25) is 0 Å². The van der Waals surface area contributed by atoms with Crippen LogP contribution in [0.3, 0.4) is 0 Å². The molecule has 6 aliphatic carbocycles. The zero-order chi connectivity index (χ0) is 111. The number of nitrogens with zero attached hydrogens (tertiary/aromatic N) is 3. The molecule has 0 bridgehead atoms. The lowest BCUT2D eigenvalue weighted by molar-refractivity contribution is -0.550. The summed E-state index contributed by atoms with van der Waals surface area (Å²) < 4.78 is 20.7. The molecule has 0 aromatic carbocycles. The Bertz CT molecular complexity index is 5460. The van der Waals surface area contributed by atoms with E-state index < -0.39 is 13.3 Å². The zero-order valence-corrected chi connectivity index (χ0v) is 102. The van der Waals surface area contributed by atoms with Gasteiger partial charge in [-0.25, -0.2) is 9.15 Å². The molecule has 0 amide bonds. The lowest BCUT2D eigenvalue weighted by Crippen LogP contribution is -2.29. The third-order valence-electron chi connectivity index (χ3n) is 29.7. The maximum Gasteiger partial charge on any atom is 0.175 e. The van der Waals surface area contributed by atoms with Crippen molar-refractivity contribution < 1.29 is 23.1 Å². The molecule has 0 aromatic rings. The SMILES string of the molecule is C.C=C(/C=C\NCCC)/C=C/C=C(C)/C=C/C1=C(C)CCCC1(C)C.C=C(\C=C/[N+](=C\C=C(C)\C=C\C=C(C)\C=C\C1=C(C)CCCC1(C)C)CCC)/C=C/C=C(C)/C=C/C1=C(C)CCCC1(C)C.CCC(C)COP(=O)([O-])C(C)C.CCCN=C/C=C(C)/C=C/C=C(C)/C=C/C1=C(C)CCCC1(C)C.CCC[N+]1=CC=C(/C=C/C=C(C)/C=C/C2=C(C)CCCC2(C)C)CC1/C=C(C)/C=C/C=C(C)/C=C/C1=C(C)CCCC1(C)C. The molecule has 0 fully saturated rings. The Morgan fingerprint density at radius 1 is 0.436 bits per heavy atom. The van der Waals surface area contributed by atoms with E-state index in [1.807, 2.05) is 38.4 Å². The Morgan fingerprint density at radius 2 is 0.765 bits per heavy atom. The van der Waals surface area contributed by atoms with E-state index in [2.05, 4.69) is 472 Å². The molecule has 1 aliphatic heterocycles. The highest BCUT2D eigenvalue weighted by Gasteiger charge is 2.33. The van der Waals surface area contributed by atoms with Gasteiger partial charge in [-0.3, -0.25) is 4.99 Å². The van der Waals surface area contributed by atoms with Gasteiger partial charge >= 0.3 is 0 Å². The first-order chi connectivity index (χ1) is 69.7. The fourth-order valence-corrected chi connectivity index (χ4v) is 20.7. The first-order valence-electron chi connectivity index (χ1n) is 56.9. The van der Waals surface area contributed by atoms with Crippen LogP contribution in [0.1, 0.15) is 404 Å². The van der Waals surface area contributed by atoms with E-state index >= 15 is 0 Å². The van der Waals surface area contributed by atoms with Gasteiger partial charge in [-0.2, -0.15) is 0 Å². The maximum absolute atomic E-state index is 11.2. The first-order valence-corrected chi connectivity index (χ1v) is 58.5. The Hall–Kier alpha value is -9.36. The van der Waals surface area contributed by atoms with Crippen LogP contribution < -0.4 is 10.2 Å². The molecule has 1 heterocycles. The molecule has 0 saturated carbocycles. The second-order valence-electron chi connectivity index (χ2n) is 47.5. The Labute approximate surface area is 918 Å². The van der Waals surface area contributed by atoms with E-state index in [4.69, 9.17) is 4.52 Å². The van der Waals surface area contributed by atoms with Crippen molar-refractivity contribution in [3.05, 3.63) is 378 Å². The van der Waals surface area contributed by atoms with Crippen LogP contribution in [0.2, 0.25) is 0 Å². The fourth-order valence-electron chi connectivity index (χ4n) is 19.9. The summed E-state index contributed by atoms with van der Waals surface area (Å²) in [6.45, 7) is 90.3. The minimum atomic E-state index is -3.58. The van der Waals surface area contributed by atoms with Crippen LogP contribution in [0.15, 0.2) is 383 Å². The smallest absolute Gasteiger partial charge is 0.175 e. The van der Waals surface area contributed by atoms with Crippen molar-refractivity contribution in [3.63, 3.8) is 0 Å². The summed E-state index contributed by atoms with van der Waals surface area (Å²) in [4.78, 5) is 15.5. The highest BCUT2D eigenvalue weighted by molar-refractivity contribution is 7.52. The van der Waals surface area contributed by atoms with E-state index in [0.29, 0.717) is 29.4 Å². The summed E-state index contributed by atoms with van der Waals surface area (Å²) >= 11 is 0. The predicted molar refractivity (Wildman–Crippen MR) is 668 cm³/mol. The average Bonchev–Trinajstić information content (AvgIpc) is 0.838. The lowest BCUT2D eigenvalue weighted by atomic mass is 9.72. The molecule has 149 heavy (non-hydrogen) atoms. The number of hydrogen-bond donors (Lipinski definition) is 1. The average molecular weight is 2050 g/mol. The van der Waals surface area contributed by atoms with Crippen molar-refractivity contribution in [1.82, 2.24) is 5.32 Å². The minimum Gasteiger partial charge on any atom is -0.778 e. The molecule has 0 aromatic heterocycles. The molecular formula is C141H216N4O3P+. The van der Waals surface area contributed by atoms with Crippen LogP contribution in [0.5, 0.6) is 0 Å². The van der Waals surface area contributed by atoms with Crippen LogP contribution in [0.25, 0.3) is 0 Å². The fraction of sp³-hybridized carbons (Fsp3) is 0.525. The predicted octanol–water partition coefficient (Wildman–Crippen LogP) is 41.2. The number of nitrogens with one attached hydrogen (secondary N) is 1. The van der Waals surface area contributed by atoms with E-state index in [1.165, 1.54) is 210 Å². The van der Waals surface area contributed by atoms with E-state index in [-0.39, 0.29) is 29.1 Å². The summed E-state index contributed by atoms with van der Waals surface area (Å²) in [5, 5.41) is 3.23. The zero-order valence-electron chi connectivity index (χ0n) is 101. The number of aliphatic imine (C=N–C) groups is 1. The number of allylic oxidation sites excluding steroid dienone is 58. The lowest BCUT2D eigenvalue weighted by Gasteiger charge is -2.33. The normalized spacial score (nSPS) is 21.1. The maximum atomic E-state index is 11.2. The van der Waals surface area contributed by atoms with Gasteiger partial charge in [0, 0.05) is 62.5 Å². The van der Waals surface area contributed by atoms with Crippen LogP contribution in [-0.4, -0.2) is 72.3 Å². The molecule has 7 rings (SSSR count). The molecular weight excluding hydrogens is 1830 g/mol. The minimum absolute atomic E-state index is 0. The van der Waals surface area contributed by atoms with Gasteiger partial charge in [0.25, 0.3) is 0 Å². The largest absolute Gasteiger partial charge is 0.778 e. The molecule has 0 saturated heterocycles. The van der Waals surface area contributed by atoms with Gasteiger partial charge in [-0.1, -0.05) is 415 Å². The molecule has 3 atom stereocenters. The molecule has 0 radical (unpaired) electrons. The van der Waals surface area contributed by atoms with Gasteiger partial charge in [-0.05, 0) is 362 Å². The van der Waals surface area contributed by atoms with E-state index in [9.17, 15) is 9.46 Å². The van der Waals surface area contributed by atoms with Gasteiger partial charge in [0.05, 0.1) is 6.61 Å². The van der Waals surface area contributed by atoms with Crippen LogP contribution in [0, 0.1) is 38.4 Å². The van der Waals surface area contributed by atoms with Crippen molar-refractivity contribution in [2.75, 3.05) is 32.8 Å². The van der Waals surface area contributed by atoms with Crippen molar-refractivity contribution in [2.24, 2.45) is 43.4 Å². The molecule has 822 valence electrons. The summed E-state index contributed by atoms with van der Waals surface area (Å²) in [6, 6.07) is 0.381. The summed E-state index contributed by atoms with van der Waals surface area (Å²) in [7, 11) is -3.58. The summed E-state index contributed by atoms with van der Waals surface area (Å²) in [5.74, 6) is 0.311. The number of rotatable bonds is 44. The summed E-state index contributed by atoms with van der Waals surface area (Å²) in [6.07, 6.45) is 120. The third-order valence-corrected chi connectivity index (χ3v) is 31.5. The van der Waals surface area contributed by atoms with Crippen LogP contribution in [0.4, 0.5) is 0 Å². The van der Waals surface area contributed by atoms with E-state index in [0.717, 1.165) is 75.9 Å². The monoisotopic (exact) mass is 2040 g/mol. The molecule has 7 aliphatic rings. The van der Waals surface area contributed by atoms with E-state index in [1.54, 1.807) is 41.7 Å². The third kappa shape index (κ3) is 54.6. The van der Waals surface area contributed by atoms with Gasteiger partial charge in [0.1, 0.15) is 20.7 Å². The highest BCUT2D eigenvalue weighted by Crippen LogP contribution is 2.48. The molecule has 3 unspecified atom stereocenters. The Kier molecular flexibility index (Phi) is 64.5. The van der Waals surface area contributed by atoms with Crippen molar-refractivity contribution >= 4 is 26.2 Å². The first kappa shape index (κ1) is 136. The number of hydrogen-bond acceptors (Lipinski definition) is 5. The molecule has 1 N–H and O–H groups in total. The molecule has 7 nitrogen and oxygen atoms in total. The standard InChI is InChI=1S/2C43H62N.2C23H35N.C8H19O3P.CH4/c1-11-29-44-30-26-38(21-13-17-34(3)23-25-41-37(6)20-15-28-43(41,9)10)32-39(44)31-35(4)18-12-16-33(2)22-24-40-36(5)19-14-27-42(40,7)8;1-12-31-44(32-27-36(4)19-13-17-34(2)23-25-40-38(6)21-15-29-42(40,8)9)33-28-37(5)20-14-18-35(3)24-26-41-39(7)22-16-30-43(41,10)11;2*1-7-17-24-18-15-20(3)11-8-10-19(2)13-14-22-21(4)12-9-16-23(22,5)6;1-5-8(4)6-11-12(9,10)7(2)3;/h12-13,16-18,21-26,30-31,39H,11,14-15,19-20,27-29,32H2,1-10H3;13-14,17-20,23-28,32-33H,4,12,15-16,21-22,29-31H2,1-3,5-11H3;8,10-11,13-15,18H,7,9,12,16-17H2,1-6H3;8,10-11,13-15,18,24H,3,7,9,12,16-17H2,1-2,4-6H3;7-8H,5-6H2,1-4H3,(H,9,10);1H4/q2*+1;;;;/p-1/b18-12+,21-13+,24-22+,25-23+,33-16+,34-17+,35-31+;19-13+,20-14+,25-23+,26-24+,32-27-,34-17+,35-18+,37-28+,44-33-;11-8+,14-13+,19-10+,20-15+,24-18?;11-8+,14-13+,18-15-,19-10+;;. The Morgan fingerprint density at radius 3 is 1.09 bits per heavy atom. The van der Waals surface area contributed by atoms with Gasteiger partial charge in [-0.15, -0.1) is 0 Å². The van der Waals surface area contributed by atoms with Crippen molar-refractivity contribution in [2.45, 2.75) is 416 Å². The van der Waals surface area contributed by atoms with Crippen molar-refractivity contribution in [3.8, 4) is 0 Å². The molecule has 0 spiro atoms. The van der Waals surface area contributed by atoms with Gasteiger partial charge in [0.15, 0.2) is 24.7 Å².